The van der Waals surface area contributed by atoms with E-state index in [0.717, 1.165) is 0 Å². The summed E-state index contributed by atoms with van der Waals surface area (Å²) < 4.78 is 1.60. The van der Waals surface area contributed by atoms with Crippen molar-refractivity contribution in [1.82, 2.24) is 14.7 Å². The monoisotopic (exact) mass is 195 g/mol. The number of amides is 1. The van der Waals surface area contributed by atoms with Crippen LogP contribution >= 0.6 is 0 Å². The number of aryl methyl sites for hydroxylation is 1. The molecule has 1 aromatic heterocycles. The van der Waals surface area contributed by atoms with Gasteiger partial charge in [0, 0.05) is 26.3 Å². The van der Waals surface area contributed by atoms with Crippen LogP contribution in [-0.4, -0.2) is 44.9 Å². The van der Waals surface area contributed by atoms with E-state index in [1.165, 1.54) is 0 Å². The summed E-state index contributed by atoms with van der Waals surface area (Å²) in [7, 11) is 1.77. The van der Waals surface area contributed by atoms with Gasteiger partial charge in [-0.3, -0.25) is 9.48 Å². The molecule has 0 bridgehead atoms. The van der Waals surface area contributed by atoms with Gasteiger partial charge in [-0.1, -0.05) is 0 Å². The molecule has 0 aromatic carbocycles. The van der Waals surface area contributed by atoms with Crippen molar-refractivity contribution in [2.24, 2.45) is 7.05 Å². The van der Waals surface area contributed by atoms with Crippen LogP contribution in [0.15, 0.2) is 12.3 Å². The first-order valence-corrected chi connectivity index (χ1v) is 4.64. The molecule has 1 aromatic rings. The molecule has 0 saturated carbocycles. The number of hydrogen-bond acceptors (Lipinski definition) is 3. The Bertz CT molecular complexity index is 348. The molecule has 1 aliphatic heterocycles. The van der Waals surface area contributed by atoms with Gasteiger partial charge >= 0.3 is 0 Å². The third-order valence-electron chi connectivity index (χ3n) is 2.38. The molecule has 2 rings (SSSR count). The predicted molar refractivity (Wildman–Crippen MR) is 49.7 cm³/mol. The Morgan fingerprint density at radius 1 is 1.71 bits per heavy atom. The summed E-state index contributed by atoms with van der Waals surface area (Å²) in [5.74, 6) is -0.0952. The Morgan fingerprint density at radius 3 is 3.00 bits per heavy atom. The fraction of sp³-hybridized carbons (Fsp3) is 0.556. The Balaban J connectivity index is 2.09. The van der Waals surface area contributed by atoms with Crippen molar-refractivity contribution in [2.45, 2.75) is 12.5 Å². The second kappa shape index (κ2) is 3.42. The van der Waals surface area contributed by atoms with E-state index in [0.29, 0.717) is 25.2 Å². The molecule has 2 heterocycles. The average Bonchev–Trinajstić information content (AvgIpc) is 2.73. The van der Waals surface area contributed by atoms with E-state index in [2.05, 4.69) is 5.10 Å². The van der Waals surface area contributed by atoms with Crippen molar-refractivity contribution in [3.8, 4) is 0 Å². The summed E-state index contributed by atoms with van der Waals surface area (Å²) >= 11 is 0. The van der Waals surface area contributed by atoms with Crippen molar-refractivity contribution >= 4 is 5.91 Å². The molecule has 0 spiro atoms. The number of carbonyl (C=O) groups excluding carboxylic acids is 1. The molecule has 5 nitrogen and oxygen atoms in total. The van der Waals surface area contributed by atoms with Gasteiger partial charge in [-0.2, -0.15) is 5.10 Å². The highest BCUT2D eigenvalue weighted by Gasteiger charge is 2.26. The molecule has 5 heteroatoms. The van der Waals surface area contributed by atoms with Crippen molar-refractivity contribution < 1.29 is 9.90 Å². The van der Waals surface area contributed by atoms with Gasteiger partial charge in [-0.15, -0.1) is 0 Å². The highest BCUT2D eigenvalue weighted by molar-refractivity contribution is 5.92. The third kappa shape index (κ3) is 1.63. The zero-order chi connectivity index (χ0) is 10.1. The first-order valence-electron chi connectivity index (χ1n) is 4.64. The molecule has 1 fully saturated rings. The van der Waals surface area contributed by atoms with Gasteiger partial charge in [0.15, 0.2) is 0 Å². The second-order valence-corrected chi connectivity index (χ2v) is 3.57. The summed E-state index contributed by atoms with van der Waals surface area (Å²) in [6.45, 7) is 1.05. The van der Waals surface area contributed by atoms with Crippen LogP contribution in [0.2, 0.25) is 0 Å². The molecular weight excluding hydrogens is 182 g/mol. The first kappa shape index (κ1) is 9.21. The maximum absolute atomic E-state index is 11.7. The highest BCUT2D eigenvalue weighted by atomic mass is 16.3. The number of nitrogens with zero attached hydrogens (tertiary/aromatic N) is 3. The number of aliphatic hydroxyl groups is 1. The summed E-state index contributed by atoms with van der Waals surface area (Å²) in [5, 5.41) is 13.3. The summed E-state index contributed by atoms with van der Waals surface area (Å²) in [4.78, 5) is 13.4. The van der Waals surface area contributed by atoms with Crippen LogP contribution in [0.3, 0.4) is 0 Å². The minimum atomic E-state index is -0.373. The highest BCUT2D eigenvalue weighted by Crippen LogP contribution is 2.11. The first-order chi connectivity index (χ1) is 6.66. The predicted octanol–water partition coefficient (Wildman–Crippen LogP) is -0.373. The number of likely N-dealkylation sites (tertiary alicyclic amines) is 1. The van der Waals surface area contributed by atoms with Crippen LogP contribution in [0.5, 0.6) is 0 Å². The van der Waals surface area contributed by atoms with Crippen LogP contribution < -0.4 is 0 Å². The van der Waals surface area contributed by atoms with Crippen molar-refractivity contribution in [3.63, 3.8) is 0 Å². The number of rotatable bonds is 1. The van der Waals surface area contributed by atoms with Crippen LogP contribution in [-0.2, 0) is 7.05 Å². The number of carbonyl (C=O) groups is 1. The minimum Gasteiger partial charge on any atom is -0.391 e. The molecule has 0 aliphatic carbocycles. The van der Waals surface area contributed by atoms with E-state index < -0.39 is 0 Å². The van der Waals surface area contributed by atoms with Crippen LogP contribution in [0, 0.1) is 0 Å². The third-order valence-corrected chi connectivity index (χ3v) is 2.38. The number of hydrogen-bond donors (Lipinski definition) is 1. The Kier molecular flexibility index (Phi) is 2.25. The van der Waals surface area contributed by atoms with Gasteiger partial charge < -0.3 is 10.0 Å². The van der Waals surface area contributed by atoms with E-state index >= 15 is 0 Å². The summed E-state index contributed by atoms with van der Waals surface area (Å²) in [6, 6.07) is 1.69. The fourth-order valence-electron chi connectivity index (χ4n) is 1.62. The fourth-order valence-corrected chi connectivity index (χ4v) is 1.62. The van der Waals surface area contributed by atoms with Gasteiger partial charge in [0.25, 0.3) is 5.91 Å². The Labute approximate surface area is 81.9 Å². The zero-order valence-electron chi connectivity index (χ0n) is 8.05. The van der Waals surface area contributed by atoms with Gasteiger partial charge in [-0.05, 0) is 12.5 Å². The van der Waals surface area contributed by atoms with Crippen molar-refractivity contribution in [1.29, 1.82) is 0 Å². The second-order valence-electron chi connectivity index (χ2n) is 3.57. The van der Waals surface area contributed by atoms with Crippen LogP contribution in [0.1, 0.15) is 16.9 Å². The molecule has 1 saturated heterocycles. The topological polar surface area (TPSA) is 58.4 Å². The maximum Gasteiger partial charge on any atom is 0.274 e. The van der Waals surface area contributed by atoms with Gasteiger partial charge in [-0.25, -0.2) is 0 Å². The van der Waals surface area contributed by atoms with Crippen LogP contribution in [0.25, 0.3) is 0 Å². The molecule has 0 radical (unpaired) electrons. The molecule has 1 unspecified atom stereocenters. The van der Waals surface area contributed by atoms with Crippen molar-refractivity contribution in [3.05, 3.63) is 18.0 Å². The maximum atomic E-state index is 11.7. The van der Waals surface area contributed by atoms with Gasteiger partial charge in [0.2, 0.25) is 0 Å². The summed E-state index contributed by atoms with van der Waals surface area (Å²) in [5.41, 5.74) is 0.446. The van der Waals surface area contributed by atoms with E-state index in [-0.39, 0.29) is 12.0 Å². The molecule has 76 valence electrons. The van der Waals surface area contributed by atoms with E-state index in [4.69, 9.17) is 0 Å². The lowest BCUT2D eigenvalue weighted by molar-refractivity contribution is 0.0758. The Morgan fingerprint density at radius 2 is 2.50 bits per heavy atom. The van der Waals surface area contributed by atoms with Gasteiger partial charge in [0.05, 0.1) is 6.10 Å². The summed E-state index contributed by atoms with van der Waals surface area (Å²) in [6.07, 6.45) is 2.03. The van der Waals surface area contributed by atoms with Crippen molar-refractivity contribution in [2.75, 3.05) is 13.1 Å². The van der Waals surface area contributed by atoms with E-state index in [9.17, 15) is 9.90 Å². The SMILES string of the molecule is Cn1ccc(C(=O)N2CCC(O)C2)n1. The van der Waals surface area contributed by atoms with Gasteiger partial charge in [0.1, 0.15) is 5.69 Å². The zero-order valence-corrected chi connectivity index (χ0v) is 8.05. The quantitative estimate of drug-likeness (QED) is 0.665. The van der Waals surface area contributed by atoms with Crippen LogP contribution in [0.4, 0.5) is 0 Å². The molecule has 1 aliphatic rings. The normalized spacial score (nSPS) is 21.6. The smallest absolute Gasteiger partial charge is 0.274 e. The molecular formula is C9H13N3O2. The minimum absolute atomic E-state index is 0.0952. The molecule has 1 atom stereocenters. The largest absolute Gasteiger partial charge is 0.391 e. The standard InChI is InChI=1S/C9H13N3O2/c1-11-4-3-8(10-11)9(14)12-5-2-7(13)6-12/h3-4,7,13H,2,5-6H2,1H3. The van der Waals surface area contributed by atoms with E-state index in [1.807, 2.05) is 0 Å². The average molecular weight is 195 g/mol. The number of aromatic nitrogens is 2. The lowest BCUT2D eigenvalue weighted by Gasteiger charge is -2.13. The van der Waals surface area contributed by atoms with E-state index in [1.54, 1.807) is 28.9 Å². The molecule has 1 amide bonds. The lowest BCUT2D eigenvalue weighted by atomic mass is 10.3. The number of aliphatic hydroxyl groups excluding tert-OH is 1. The molecule has 14 heavy (non-hydrogen) atoms. The lowest BCUT2D eigenvalue weighted by Crippen LogP contribution is -2.29. The number of β-amino-alcohol motifs (C(OH)–C–C–N with tert-alkyl or cyclic N) is 1. The molecule has 1 N–H and O–H groups in total. The Hall–Kier alpha value is -1.36.